The summed E-state index contributed by atoms with van der Waals surface area (Å²) < 4.78 is 1.66. The molecule has 0 aliphatic carbocycles. The number of aromatic nitrogens is 4. The molecule has 25 heavy (non-hydrogen) atoms. The van der Waals surface area contributed by atoms with Gasteiger partial charge in [0.05, 0.1) is 17.3 Å². The van der Waals surface area contributed by atoms with Crippen LogP contribution in [0, 0.1) is 0 Å². The topological polar surface area (TPSA) is 98.7 Å². The molecule has 2 aromatic carbocycles. The van der Waals surface area contributed by atoms with Crippen LogP contribution in [0.15, 0.2) is 67.1 Å². The monoisotopic (exact) mass is 330 g/mol. The first kappa shape index (κ1) is 14.8. The van der Waals surface area contributed by atoms with E-state index in [1.165, 1.54) is 6.33 Å². The van der Waals surface area contributed by atoms with Gasteiger partial charge in [0.2, 0.25) is 0 Å². The van der Waals surface area contributed by atoms with Crippen molar-refractivity contribution in [2.45, 2.75) is 0 Å². The standard InChI is InChI=1S/C18H14N6O/c19-16-15-10-22-24(17(15)21-11-20-16)14-8-4-7-13(9-14)23-18(25)12-5-2-1-3-6-12/h1-11H,(H,23,25)(H2,19,20,21). The Labute approximate surface area is 143 Å². The number of nitrogens with two attached hydrogens (primary N) is 1. The number of rotatable bonds is 3. The molecule has 0 radical (unpaired) electrons. The van der Waals surface area contributed by atoms with Gasteiger partial charge in [0.15, 0.2) is 5.65 Å². The molecule has 122 valence electrons. The summed E-state index contributed by atoms with van der Waals surface area (Å²) in [6.07, 6.45) is 3.02. The second kappa shape index (κ2) is 6.04. The van der Waals surface area contributed by atoms with Crippen molar-refractivity contribution in [1.82, 2.24) is 19.7 Å². The van der Waals surface area contributed by atoms with Crippen molar-refractivity contribution in [3.63, 3.8) is 0 Å². The van der Waals surface area contributed by atoms with E-state index >= 15 is 0 Å². The number of carbonyl (C=O) groups excluding carboxylic acids is 1. The van der Waals surface area contributed by atoms with Crippen LogP contribution in [0.25, 0.3) is 16.7 Å². The van der Waals surface area contributed by atoms with Crippen molar-refractivity contribution in [2.75, 3.05) is 11.1 Å². The Balaban J connectivity index is 1.67. The van der Waals surface area contributed by atoms with Gasteiger partial charge in [0, 0.05) is 11.3 Å². The van der Waals surface area contributed by atoms with Crippen LogP contribution in [0.2, 0.25) is 0 Å². The third kappa shape index (κ3) is 2.78. The molecule has 7 nitrogen and oxygen atoms in total. The maximum atomic E-state index is 12.3. The highest BCUT2D eigenvalue weighted by Crippen LogP contribution is 2.21. The fraction of sp³-hybridized carbons (Fsp3) is 0. The summed E-state index contributed by atoms with van der Waals surface area (Å²) in [5.74, 6) is 0.208. The van der Waals surface area contributed by atoms with Crippen LogP contribution in [0.1, 0.15) is 10.4 Å². The highest BCUT2D eigenvalue weighted by atomic mass is 16.1. The number of nitrogens with zero attached hydrogens (tertiary/aromatic N) is 4. The van der Waals surface area contributed by atoms with Gasteiger partial charge in [-0.3, -0.25) is 4.79 Å². The van der Waals surface area contributed by atoms with Crippen molar-refractivity contribution >= 4 is 28.4 Å². The third-order valence-corrected chi connectivity index (χ3v) is 3.78. The van der Waals surface area contributed by atoms with E-state index in [9.17, 15) is 4.79 Å². The van der Waals surface area contributed by atoms with Crippen LogP contribution in [0.5, 0.6) is 0 Å². The molecule has 0 fully saturated rings. The SMILES string of the molecule is Nc1ncnc2c1cnn2-c1cccc(NC(=O)c2ccccc2)c1. The maximum absolute atomic E-state index is 12.3. The lowest BCUT2D eigenvalue weighted by Crippen LogP contribution is -2.12. The average Bonchev–Trinajstić information content (AvgIpc) is 3.08. The molecule has 0 saturated heterocycles. The zero-order valence-electron chi connectivity index (χ0n) is 13.1. The van der Waals surface area contributed by atoms with Gasteiger partial charge in [0.1, 0.15) is 12.1 Å². The lowest BCUT2D eigenvalue weighted by atomic mass is 10.2. The number of carbonyl (C=O) groups is 1. The molecular formula is C18H14N6O. The number of benzene rings is 2. The zero-order chi connectivity index (χ0) is 17.2. The minimum absolute atomic E-state index is 0.172. The fourth-order valence-electron chi connectivity index (χ4n) is 2.56. The van der Waals surface area contributed by atoms with Gasteiger partial charge in [-0.15, -0.1) is 0 Å². The van der Waals surface area contributed by atoms with Crippen molar-refractivity contribution in [3.8, 4) is 5.69 Å². The molecule has 2 heterocycles. The van der Waals surface area contributed by atoms with Gasteiger partial charge in [-0.1, -0.05) is 24.3 Å². The number of amides is 1. The molecule has 1 amide bonds. The molecule has 0 aliphatic heterocycles. The van der Waals surface area contributed by atoms with Crippen LogP contribution >= 0.6 is 0 Å². The highest BCUT2D eigenvalue weighted by molar-refractivity contribution is 6.04. The molecule has 0 atom stereocenters. The zero-order valence-corrected chi connectivity index (χ0v) is 13.1. The van der Waals surface area contributed by atoms with E-state index in [-0.39, 0.29) is 5.91 Å². The average molecular weight is 330 g/mol. The van der Waals surface area contributed by atoms with E-state index in [1.54, 1.807) is 23.0 Å². The van der Waals surface area contributed by atoms with E-state index in [4.69, 9.17) is 5.73 Å². The molecule has 7 heteroatoms. The molecule has 2 aromatic heterocycles. The van der Waals surface area contributed by atoms with Crippen LogP contribution in [-0.2, 0) is 0 Å². The van der Waals surface area contributed by atoms with Gasteiger partial charge >= 0.3 is 0 Å². The van der Waals surface area contributed by atoms with Gasteiger partial charge in [-0.25, -0.2) is 14.6 Å². The first-order chi connectivity index (χ1) is 12.2. The predicted octanol–water partition coefficient (Wildman–Crippen LogP) is 2.65. The van der Waals surface area contributed by atoms with E-state index < -0.39 is 0 Å². The van der Waals surface area contributed by atoms with Gasteiger partial charge in [0.25, 0.3) is 5.91 Å². The van der Waals surface area contributed by atoms with Crippen LogP contribution in [0.4, 0.5) is 11.5 Å². The molecule has 0 bridgehead atoms. The Morgan fingerprint density at radius 1 is 1.04 bits per heavy atom. The molecule has 0 aliphatic rings. The Hall–Kier alpha value is -3.74. The molecule has 4 rings (SSSR count). The van der Waals surface area contributed by atoms with Crippen LogP contribution < -0.4 is 11.1 Å². The lowest BCUT2D eigenvalue weighted by molar-refractivity contribution is 0.102. The van der Waals surface area contributed by atoms with Gasteiger partial charge in [-0.05, 0) is 30.3 Å². The molecule has 4 aromatic rings. The molecular weight excluding hydrogens is 316 g/mol. The Morgan fingerprint density at radius 2 is 1.88 bits per heavy atom. The van der Waals surface area contributed by atoms with E-state index in [0.29, 0.717) is 28.1 Å². The van der Waals surface area contributed by atoms with Crippen LogP contribution in [0.3, 0.4) is 0 Å². The number of hydrogen-bond donors (Lipinski definition) is 2. The first-order valence-electron chi connectivity index (χ1n) is 7.63. The summed E-state index contributed by atoms with van der Waals surface area (Å²) in [5, 5.41) is 7.89. The van der Waals surface area contributed by atoms with Crippen molar-refractivity contribution in [1.29, 1.82) is 0 Å². The number of hydrogen-bond acceptors (Lipinski definition) is 5. The molecule has 0 spiro atoms. The Bertz CT molecular complexity index is 1060. The summed E-state index contributed by atoms with van der Waals surface area (Å²) in [4.78, 5) is 20.5. The summed E-state index contributed by atoms with van der Waals surface area (Å²) in [6.45, 7) is 0. The molecule has 0 saturated carbocycles. The van der Waals surface area contributed by atoms with Crippen LogP contribution in [-0.4, -0.2) is 25.7 Å². The van der Waals surface area contributed by atoms with E-state index in [2.05, 4.69) is 20.4 Å². The lowest BCUT2D eigenvalue weighted by Gasteiger charge is -2.08. The second-order valence-electron chi connectivity index (χ2n) is 5.42. The summed E-state index contributed by atoms with van der Waals surface area (Å²) in [5.41, 5.74) is 8.48. The van der Waals surface area contributed by atoms with Gasteiger partial charge < -0.3 is 11.1 Å². The Morgan fingerprint density at radius 3 is 2.72 bits per heavy atom. The van der Waals surface area contributed by atoms with Gasteiger partial charge in [-0.2, -0.15) is 5.10 Å². The number of anilines is 2. The van der Waals surface area contributed by atoms with E-state index in [1.807, 2.05) is 42.5 Å². The number of nitrogen functional groups attached to an aromatic ring is 1. The highest BCUT2D eigenvalue weighted by Gasteiger charge is 2.10. The Kier molecular flexibility index (Phi) is 3.59. The smallest absolute Gasteiger partial charge is 0.255 e. The second-order valence-corrected chi connectivity index (χ2v) is 5.42. The largest absolute Gasteiger partial charge is 0.383 e. The van der Waals surface area contributed by atoms with Crippen molar-refractivity contribution in [2.24, 2.45) is 0 Å². The minimum Gasteiger partial charge on any atom is -0.383 e. The van der Waals surface area contributed by atoms with Crippen molar-refractivity contribution in [3.05, 3.63) is 72.7 Å². The third-order valence-electron chi connectivity index (χ3n) is 3.78. The maximum Gasteiger partial charge on any atom is 0.255 e. The van der Waals surface area contributed by atoms with E-state index in [0.717, 1.165) is 5.69 Å². The quantitative estimate of drug-likeness (QED) is 0.601. The van der Waals surface area contributed by atoms with Crippen molar-refractivity contribution < 1.29 is 4.79 Å². The predicted molar refractivity (Wildman–Crippen MR) is 95.5 cm³/mol. The number of fused-ring (bicyclic) bond motifs is 1. The molecule has 3 N–H and O–H groups in total. The fourth-order valence-corrected chi connectivity index (χ4v) is 2.56. The minimum atomic E-state index is -0.172. The normalized spacial score (nSPS) is 10.7. The summed E-state index contributed by atoms with van der Waals surface area (Å²) in [7, 11) is 0. The first-order valence-corrected chi connectivity index (χ1v) is 7.63. The summed E-state index contributed by atoms with van der Waals surface area (Å²) >= 11 is 0. The number of nitrogens with one attached hydrogen (secondary N) is 1. The molecule has 0 unspecified atom stereocenters. The summed E-state index contributed by atoms with van der Waals surface area (Å²) in [6, 6.07) is 16.4.